The van der Waals surface area contributed by atoms with Gasteiger partial charge in [0.15, 0.2) is 5.78 Å². The minimum atomic E-state index is -0.260. The number of amides is 1. The number of carbonyl (C=O) groups is 2. The summed E-state index contributed by atoms with van der Waals surface area (Å²) in [6, 6.07) is 3.71. The third-order valence-corrected chi connectivity index (χ3v) is 3.88. The quantitative estimate of drug-likeness (QED) is 0.682. The van der Waals surface area contributed by atoms with Crippen molar-refractivity contribution in [1.29, 1.82) is 0 Å². The van der Waals surface area contributed by atoms with Crippen molar-refractivity contribution in [3.05, 3.63) is 28.8 Å². The molecular weight excluding hydrogens is 262 g/mol. The fraction of sp³-hybridized carbons (Fsp3) is 0.467. The zero-order valence-corrected chi connectivity index (χ0v) is 12.2. The summed E-state index contributed by atoms with van der Waals surface area (Å²) in [5.41, 5.74) is 3.26. The number of halogens is 1. The van der Waals surface area contributed by atoms with Crippen molar-refractivity contribution >= 4 is 29.0 Å². The molecule has 0 radical (unpaired) electrons. The molecule has 4 heteroatoms. The largest absolute Gasteiger partial charge is 0.326 e. The number of anilines is 1. The molecule has 0 saturated carbocycles. The van der Waals surface area contributed by atoms with Crippen LogP contribution in [-0.4, -0.2) is 17.6 Å². The first-order valence-electron chi connectivity index (χ1n) is 6.45. The Labute approximate surface area is 118 Å². The van der Waals surface area contributed by atoms with Crippen molar-refractivity contribution in [2.24, 2.45) is 0 Å². The van der Waals surface area contributed by atoms with E-state index in [1.807, 2.05) is 32.9 Å². The van der Waals surface area contributed by atoms with E-state index in [0.717, 1.165) is 23.2 Å². The molecule has 0 atom stereocenters. The van der Waals surface area contributed by atoms with Gasteiger partial charge in [-0.05, 0) is 29.7 Å². The number of alkyl halides is 1. The monoisotopic (exact) mass is 279 g/mol. The molecule has 1 aliphatic heterocycles. The Bertz CT molecular complexity index is 549. The van der Waals surface area contributed by atoms with Crippen molar-refractivity contribution in [2.45, 2.75) is 39.0 Å². The summed E-state index contributed by atoms with van der Waals surface area (Å²) in [6.07, 6.45) is 1.20. The third-order valence-electron chi connectivity index (χ3n) is 3.64. The third kappa shape index (κ3) is 2.52. The van der Waals surface area contributed by atoms with Crippen LogP contribution in [0, 0.1) is 0 Å². The van der Waals surface area contributed by atoms with Crippen LogP contribution in [0.3, 0.4) is 0 Å². The number of carbonyl (C=O) groups excluding carboxylic acids is 2. The maximum Gasteiger partial charge on any atom is 0.225 e. The summed E-state index contributed by atoms with van der Waals surface area (Å²) in [7, 11) is 0. The second-order valence-corrected chi connectivity index (χ2v) is 5.84. The highest BCUT2D eigenvalue weighted by Crippen LogP contribution is 2.40. The predicted molar refractivity (Wildman–Crippen MR) is 77.1 cm³/mol. The van der Waals surface area contributed by atoms with Gasteiger partial charge in [0.1, 0.15) is 0 Å². The van der Waals surface area contributed by atoms with Crippen LogP contribution >= 0.6 is 11.6 Å². The predicted octanol–water partition coefficient (Wildman–Crippen LogP) is 3.29. The highest BCUT2D eigenvalue weighted by Gasteiger charge is 2.33. The van der Waals surface area contributed by atoms with Crippen LogP contribution in [0.2, 0.25) is 0 Å². The summed E-state index contributed by atoms with van der Waals surface area (Å²) in [4.78, 5) is 23.6. The van der Waals surface area contributed by atoms with Gasteiger partial charge in [-0.15, -0.1) is 11.6 Å². The van der Waals surface area contributed by atoms with Crippen molar-refractivity contribution in [1.82, 2.24) is 0 Å². The minimum Gasteiger partial charge on any atom is -0.326 e. The van der Waals surface area contributed by atoms with Crippen LogP contribution in [0.15, 0.2) is 12.1 Å². The fourth-order valence-electron chi connectivity index (χ4n) is 2.58. The Kier molecular flexibility index (Phi) is 3.68. The Hall–Kier alpha value is -1.35. The zero-order valence-electron chi connectivity index (χ0n) is 11.5. The van der Waals surface area contributed by atoms with Crippen LogP contribution in [0.1, 0.15) is 48.7 Å². The van der Waals surface area contributed by atoms with Gasteiger partial charge in [0.05, 0.1) is 5.88 Å². The van der Waals surface area contributed by atoms with E-state index in [1.54, 1.807) is 0 Å². The SMILES string of the molecule is CCc1cc(C(=O)CCl)cc2c1NC(=O)CC2(C)C. The van der Waals surface area contributed by atoms with E-state index in [-0.39, 0.29) is 23.0 Å². The number of hydrogen-bond donors (Lipinski definition) is 1. The van der Waals surface area contributed by atoms with Gasteiger partial charge in [0.25, 0.3) is 0 Å². The summed E-state index contributed by atoms with van der Waals surface area (Å²) in [6.45, 7) is 6.07. The first kappa shape index (κ1) is 14.1. The summed E-state index contributed by atoms with van der Waals surface area (Å²) < 4.78 is 0. The number of benzene rings is 1. The lowest BCUT2D eigenvalue weighted by Gasteiger charge is -2.33. The number of ketones is 1. The summed E-state index contributed by atoms with van der Waals surface area (Å²) in [5.74, 6) is -0.0650. The van der Waals surface area contributed by atoms with Gasteiger partial charge >= 0.3 is 0 Å². The van der Waals surface area contributed by atoms with E-state index >= 15 is 0 Å². The molecule has 19 heavy (non-hydrogen) atoms. The van der Waals surface area contributed by atoms with E-state index in [4.69, 9.17) is 11.6 Å². The zero-order chi connectivity index (χ0) is 14.2. The van der Waals surface area contributed by atoms with Crippen LogP contribution < -0.4 is 5.32 Å². The van der Waals surface area contributed by atoms with Crippen molar-refractivity contribution in [3.8, 4) is 0 Å². The molecular formula is C15H18ClNO2. The van der Waals surface area contributed by atoms with E-state index < -0.39 is 0 Å². The van der Waals surface area contributed by atoms with Crippen molar-refractivity contribution in [2.75, 3.05) is 11.2 Å². The number of hydrogen-bond acceptors (Lipinski definition) is 2. The van der Waals surface area contributed by atoms with E-state index in [9.17, 15) is 9.59 Å². The first-order chi connectivity index (χ1) is 8.89. The van der Waals surface area contributed by atoms with Crippen LogP contribution in [0.5, 0.6) is 0 Å². The number of nitrogens with one attached hydrogen (secondary N) is 1. The molecule has 0 unspecified atom stereocenters. The molecule has 0 aromatic heterocycles. The van der Waals surface area contributed by atoms with Gasteiger partial charge in [-0.3, -0.25) is 9.59 Å². The second-order valence-electron chi connectivity index (χ2n) is 5.58. The molecule has 1 aromatic rings. The van der Waals surface area contributed by atoms with Gasteiger partial charge in [-0.1, -0.05) is 20.8 Å². The molecule has 1 aromatic carbocycles. The number of fused-ring (bicyclic) bond motifs is 1. The van der Waals surface area contributed by atoms with Gasteiger partial charge < -0.3 is 5.32 Å². The molecule has 0 saturated heterocycles. The Morgan fingerprint density at radius 2 is 2.11 bits per heavy atom. The summed E-state index contributed by atoms with van der Waals surface area (Å²) in [5, 5.41) is 2.94. The highest BCUT2D eigenvalue weighted by molar-refractivity contribution is 6.30. The second kappa shape index (κ2) is 4.97. The molecule has 1 aliphatic rings. The molecule has 0 aliphatic carbocycles. The molecule has 2 rings (SSSR count). The lowest BCUT2D eigenvalue weighted by atomic mass is 9.76. The molecule has 0 bridgehead atoms. The Morgan fingerprint density at radius 3 is 2.68 bits per heavy atom. The van der Waals surface area contributed by atoms with E-state index in [0.29, 0.717) is 12.0 Å². The van der Waals surface area contributed by atoms with Crippen LogP contribution in [0.25, 0.3) is 0 Å². The molecule has 102 valence electrons. The lowest BCUT2D eigenvalue weighted by molar-refractivity contribution is -0.117. The Balaban J connectivity index is 2.65. The molecule has 0 spiro atoms. The standard InChI is InChI=1S/C15H18ClNO2/c1-4-9-5-10(12(18)8-16)6-11-14(9)17-13(19)7-15(11,2)3/h5-6H,4,7-8H2,1-3H3,(H,17,19). The minimum absolute atomic E-state index is 0.0191. The van der Waals surface area contributed by atoms with Gasteiger partial charge in [-0.25, -0.2) is 0 Å². The number of aryl methyl sites for hydroxylation is 1. The Morgan fingerprint density at radius 1 is 1.42 bits per heavy atom. The van der Waals surface area contributed by atoms with E-state index in [1.165, 1.54) is 0 Å². The molecule has 1 heterocycles. The normalized spacial score (nSPS) is 16.7. The summed E-state index contributed by atoms with van der Waals surface area (Å²) >= 11 is 5.64. The van der Waals surface area contributed by atoms with Gasteiger partial charge in [0, 0.05) is 23.1 Å². The molecule has 3 nitrogen and oxygen atoms in total. The molecule has 1 N–H and O–H groups in total. The van der Waals surface area contributed by atoms with Gasteiger partial charge in [-0.2, -0.15) is 0 Å². The van der Waals surface area contributed by atoms with Gasteiger partial charge in [0.2, 0.25) is 5.91 Å². The van der Waals surface area contributed by atoms with Crippen molar-refractivity contribution in [3.63, 3.8) is 0 Å². The van der Waals surface area contributed by atoms with Crippen LogP contribution in [-0.2, 0) is 16.6 Å². The number of rotatable bonds is 3. The maximum absolute atomic E-state index is 11.8. The maximum atomic E-state index is 11.8. The fourth-order valence-corrected chi connectivity index (χ4v) is 2.74. The van der Waals surface area contributed by atoms with Crippen LogP contribution in [0.4, 0.5) is 5.69 Å². The molecule has 1 amide bonds. The first-order valence-corrected chi connectivity index (χ1v) is 6.99. The van der Waals surface area contributed by atoms with Crippen molar-refractivity contribution < 1.29 is 9.59 Å². The average molecular weight is 280 g/mol. The smallest absolute Gasteiger partial charge is 0.225 e. The molecule has 0 fully saturated rings. The lowest BCUT2D eigenvalue weighted by Crippen LogP contribution is -2.33. The average Bonchev–Trinajstić information content (AvgIpc) is 2.35. The number of Topliss-reactive ketones (excluding diaryl/α,β-unsaturated/α-hetero) is 1. The van der Waals surface area contributed by atoms with E-state index in [2.05, 4.69) is 5.32 Å². The highest BCUT2D eigenvalue weighted by atomic mass is 35.5. The topological polar surface area (TPSA) is 46.2 Å².